The first-order chi connectivity index (χ1) is 8.63. The van der Waals surface area contributed by atoms with Gasteiger partial charge in [0.15, 0.2) is 0 Å². The average Bonchev–Trinajstić information content (AvgIpc) is 2.62. The lowest BCUT2D eigenvalue weighted by Crippen LogP contribution is -2.41. The van der Waals surface area contributed by atoms with Crippen LogP contribution in [0.5, 0.6) is 0 Å². The van der Waals surface area contributed by atoms with E-state index < -0.39 is 0 Å². The third kappa shape index (κ3) is 5.42. The summed E-state index contributed by atoms with van der Waals surface area (Å²) in [4.78, 5) is 2.60. The van der Waals surface area contributed by atoms with Crippen LogP contribution in [0.4, 0.5) is 0 Å². The van der Waals surface area contributed by atoms with Crippen molar-refractivity contribution < 1.29 is 0 Å². The van der Waals surface area contributed by atoms with Crippen molar-refractivity contribution in [3.8, 4) is 0 Å². The van der Waals surface area contributed by atoms with E-state index in [2.05, 4.69) is 41.1 Å². The maximum atomic E-state index is 3.80. The van der Waals surface area contributed by atoms with Gasteiger partial charge in [-0.3, -0.25) is 0 Å². The first-order valence-electron chi connectivity index (χ1n) is 7.39. The SMILES string of the molecule is CSCCC(C)N(C)CC1(CBr)CCCCCC1. The molecular formula is C15H30BrNS. The molecule has 1 atom stereocenters. The second kappa shape index (κ2) is 8.86. The Kier molecular flexibility index (Phi) is 8.29. The average molecular weight is 336 g/mol. The molecule has 0 bridgehead atoms. The van der Waals surface area contributed by atoms with Gasteiger partial charge in [0.25, 0.3) is 0 Å². The Hall–Kier alpha value is 0.790. The van der Waals surface area contributed by atoms with Gasteiger partial charge in [-0.2, -0.15) is 11.8 Å². The van der Waals surface area contributed by atoms with E-state index in [9.17, 15) is 0 Å². The molecule has 1 nitrogen and oxygen atoms in total. The highest BCUT2D eigenvalue weighted by Gasteiger charge is 2.31. The van der Waals surface area contributed by atoms with Gasteiger partial charge < -0.3 is 4.90 Å². The van der Waals surface area contributed by atoms with Crippen molar-refractivity contribution in [2.45, 2.75) is 57.9 Å². The van der Waals surface area contributed by atoms with E-state index in [4.69, 9.17) is 0 Å². The Labute approximate surface area is 127 Å². The summed E-state index contributed by atoms with van der Waals surface area (Å²) in [7, 11) is 2.32. The molecule has 1 unspecified atom stereocenters. The predicted octanol–water partition coefficient (Wildman–Crippen LogP) is 4.80. The second-order valence-electron chi connectivity index (χ2n) is 6.09. The first kappa shape index (κ1) is 16.8. The Bertz CT molecular complexity index is 215. The number of nitrogens with zero attached hydrogens (tertiary/aromatic N) is 1. The third-order valence-electron chi connectivity index (χ3n) is 4.52. The fourth-order valence-corrected chi connectivity index (χ4v) is 4.32. The number of hydrogen-bond acceptors (Lipinski definition) is 2. The number of rotatable bonds is 7. The molecule has 3 heteroatoms. The molecule has 1 rings (SSSR count). The lowest BCUT2D eigenvalue weighted by Gasteiger charge is -2.37. The lowest BCUT2D eigenvalue weighted by atomic mass is 9.81. The lowest BCUT2D eigenvalue weighted by molar-refractivity contribution is 0.142. The summed E-state index contributed by atoms with van der Waals surface area (Å²) in [6.07, 6.45) is 12.1. The van der Waals surface area contributed by atoms with Crippen molar-refractivity contribution in [3.63, 3.8) is 0 Å². The third-order valence-corrected chi connectivity index (χ3v) is 6.36. The highest BCUT2D eigenvalue weighted by Crippen LogP contribution is 2.37. The topological polar surface area (TPSA) is 3.24 Å². The standard InChI is InChI=1S/C15H30BrNS/c1-14(8-11-18-3)17(2)13-15(12-16)9-6-4-5-7-10-15/h14H,4-13H2,1-3H3. The highest BCUT2D eigenvalue weighted by molar-refractivity contribution is 9.09. The van der Waals surface area contributed by atoms with Crippen molar-refractivity contribution in [2.24, 2.45) is 5.41 Å². The van der Waals surface area contributed by atoms with Crippen molar-refractivity contribution in [3.05, 3.63) is 0 Å². The van der Waals surface area contributed by atoms with Crippen LogP contribution in [0.3, 0.4) is 0 Å². The monoisotopic (exact) mass is 335 g/mol. The summed E-state index contributed by atoms with van der Waals surface area (Å²) in [6.45, 7) is 3.66. The zero-order chi connectivity index (χ0) is 13.4. The summed E-state index contributed by atoms with van der Waals surface area (Å²) in [5.41, 5.74) is 0.541. The molecule has 0 N–H and O–H groups in total. The quantitative estimate of drug-likeness (QED) is 0.485. The second-order valence-corrected chi connectivity index (χ2v) is 7.64. The molecule has 0 aromatic rings. The van der Waals surface area contributed by atoms with Crippen LogP contribution < -0.4 is 0 Å². The van der Waals surface area contributed by atoms with E-state index in [1.54, 1.807) is 0 Å². The van der Waals surface area contributed by atoms with Crippen molar-refractivity contribution in [2.75, 3.05) is 30.9 Å². The van der Waals surface area contributed by atoms with Crippen LogP contribution in [0.1, 0.15) is 51.9 Å². The Morgan fingerprint density at radius 2 is 1.83 bits per heavy atom. The summed E-state index contributed by atoms with van der Waals surface area (Å²) in [5.74, 6) is 1.28. The Morgan fingerprint density at radius 3 is 2.33 bits per heavy atom. The van der Waals surface area contributed by atoms with E-state index in [1.807, 2.05) is 11.8 Å². The van der Waals surface area contributed by atoms with Crippen LogP contribution in [-0.4, -0.2) is 41.9 Å². The minimum atomic E-state index is 0.541. The maximum absolute atomic E-state index is 3.80. The maximum Gasteiger partial charge on any atom is 0.0100 e. The molecule has 0 saturated heterocycles. The summed E-state index contributed by atoms with van der Waals surface area (Å²) >= 11 is 5.77. The molecule has 0 radical (unpaired) electrons. The molecule has 1 aliphatic rings. The predicted molar refractivity (Wildman–Crippen MR) is 89.0 cm³/mol. The van der Waals surface area contributed by atoms with Gasteiger partial charge in [0.2, 0.25) is 0 Å². The Morgan fingerprint density at radius 1 is 1.22 bits per heavy atom. The van der Waals surface area contributed by atoms with Crippen LogP contribution in [-0.2, 0) is 0 Å². The number of halogens is 1. The zero-order valence-electron chi connectivity index (χ0n) is 12.4. The van der Waals surface area contributed by atoms with Crippen molar-refractivity contribution in [1.29, 1.82) is 0 Å². The largest absolute Gasteiger partial charge is 0.303 e. The molecule has 108 valence electrons. The fourth-order valence-electron chi connectivity index (χ4n) is 3.01. The zero-order valence-corrected chi connectivity index (χ0v) is 14.8. The summed E-state index contributed by atoms with van der Waals surface area (Å²) in [6, 6.07) is 0.719. The van der Waals surface area contributed by atoms with Gasteiger partial charge in [-0.25, -0.2) is 0 Å². The van der Waals surface area contributed by atoms with Gasteiger partial charge >= 0.3 is 0 Å². The number of thioether (sulfide) groups is 1. The van der Waals surface area contributed by atoms with Crippen LogP contribution in [0, 0.1) is 5.41 Å². The molecule has 0 spiro atoms. The number of hydrogen-bond donors (Lipinski definition) is 0. The van der Waals surface area contributed by atoms with Crippen LogP contribution in [0.2, 0.25) is 0 Å². The van der Waals surface area contributed by atoms with E-state index in [1.165, 1.54) is 62.6 Å². The van der Waals surface area contributed by atoms with Crippen LogP contribution in [0.15, 0.2) is 0 Å². The highest BCUT2D eigenvalue weighted by atomic mass is 79.9. The molecule has 0 aliphatic heterocycles. The first-order valence-corrected chi connectivity index (χ1v) is 9.90. The van der Waals surface area contributed by atoms with Gasteiger partial charge in [-0.15, -0.1) is 0 Å². The van der Waals surface area contributed by atoms with Crippen molar-refractivity contribution in [1.82, 2.24) is 4.90 Å². The van der Waals surface area contributed by atoms with Gasteiger partial charge in [-0.1, -0.05) is 41.6 Å². The smallest absolute Gasteiger partial charge is 0.0100 e. The molecule has 0 heterocycles. The molecule has 18 heavy (non-hydrogen) atoms. The Balaban J connectivity index is 2.49. The molecule has 1 aliphatic carbocycles. The van der Waals surface area contributed by atoms with Gasteiger partial charge in [-0.05, 0) is 50.7 Å². The van der Waals surface area contributed by atoms with E-state index in [0.717, 1.165) is 6.04 Å². The van der Waals surface area contributed by atoms with E-state index in [-0.39, 0.29) is 0 Å². The minimum Gasteiger partial charge on any atom is -0.303 e. The van der Waals surface area contributed by atoms with E-state index in [0.29, 0.717) is 5.41 Å². The van der Waals surface area contributed by atoms with Gasteiger partial charge in [0.1, 0.15) is 0 Å². The minimum absolute atomic E-state index is 0.541. The molecule has 1 saturated carbocycles. The van der Waals surface area contributed by atoms with Gasteiger partial charge in [0, 0.05) is 17.9 Å². The van der Waals surface area contributed by atoms with Crippen LogP contribution in [0.25, 0.3) is 0 Å². The molecule has 0 aromatic heterocycles. The molecule has 0 aromatic carbocycles. The van der Waals surface area contributed by atoms with E-state index >= 15 is 0 Å². The fraction of sp³-hybridized carbons (Fsp3) is 1.00. The summed E-state index contributed by atoms with van der Waals surface area (Å²) < 4.78 is 0. The molecular weight excluding hydrogens is 306 g/mol. The van der Waals surface area contributed by atoms with Crippen molar-refractivity contribution >= 4 is 27.7 Å². The molecule has 1 fully saturated rings. The number of alkyl halides is 1. The normalized spacial score (nSPS) is 21.8. The summed E-state index contributed by atoms with van der Waals surface area (Å²) in [5, 5.41) is 1.18. The van der Waals surface area contributed by atoms with Crippen LogP contribution >= 0.6 is 27.7 Å². The molecule has 0 amide bonds. The van der Waals surface area contributed by atoms with Gasteiger partial charge in [0.05, 0.1) is 0 Å².